The number of fused-ring (bicyclic) bond motifs is 1. The molecule has 0 aliphatic heterocycles. The summed E-state index contributed by atoms with van der Waals surface area (Å²) < 4.78 is 16.9. The van der Waals surface area contributed by atoms with Crippen LogP contribution in [0.4, 0.5) is 10.3 Å². The van der Waals surface area contributed by atoms with Crippen molar-refractivity contribution in [2.75, 3.05) is 5.43 Å². The minimum Gasteiger partial charge on any atom is -0.277 e. The number of aromatic nitrogens is 4. The van der Waals surface area contributed by atoms with Gasteiger partial charge in [-0.25, -0.2) is 14.1 Å². The molecule has 4 aromatic rings. The summed E-state index contributed by atoms with van der Waals surface area (Å²) in [6, 6.07) is 13.2. The van der Waals surface area contributed by atoms with Crippen LogP contribution in [0, 0.1) is 12.7 Å². The lowest BCUT2D eigenvalue weighted by Crippen LogP contribution is -2.34. The molecule has 152 valence electrons. The third kappa shape index (κ3) is 3.30. The molecule has 9 heteroatoms. The Hall–Kier alpha value is -4.01. The Kier molecular flexibility index (Phi) is 5.01. The van der Waals surface area contributed by atoms with E-state index in [9.17, 15) is 14.0 Å². The first-order valence-corrected chi connectivity index (χ1v) is 9.36. The molecule has 0 aliphatic rings. The summed E-state index contributed by atoms with van der Waals surface area (Å²) >= 11 is 0. The molecule has 0 radical (unpaired) electrons. The molecule has 0 aliphatic carbocycles. The van der Waals surface area contributed by atoms with Gasteiger partial charge in [-0.05, 0) is 38.1 Å². The Morgan fingerprint density at radius 2 is 1.87 bits per heavy atom. The highest BCUT2D eigenvalue weighted by molar-refractivity contribution is 5.95. The van der Waals surface area contributed by atoms with Gasteiger partial charge in [0.2, 0.25) is 5.95 Å². The van der Waals surface area contributed by atoms with Gasteiger partial charge in [0.05, 0.1) is 28.4 Å². The topological polar surface area (TPSA) is 93.8 Å². The van der Waals surface area contributed by atoms with E-state index < -0.39 is 11.7 Å². The number of hydrogen-bond acceptors (Lipinski definition) is 5. The van der Waals surface area contributed by atoms with Crippen LogP contribution in [0.1, 0.15) is 23.0 Å². The van der Waals surface area contributed by atoms with Crippen molar-refractivity contribution >= 4 is 22.8 Å². The number of benzene rings is 2. The maximum atomic E-state index is 14.1. The summed E-state index contributed by atoms with van der Waals surface area (Å²) in [6.07, 6.45) is 1.36. The molecule has 0 fully saturated rings. The summed E-state index contributed by atoms with van der Waals surface area (Å²) in [5.41, 5.74) is 6.56. The minimum absolute atomic E-state index is 0.205. The van der Waals surface area contributed by atoms with Gasteiger partial charge in [0, 0.05) is 6.54 Å². The first-order valence-electron chi connectivity index (χ1n) is 9.36. The number of halogens is 1. The zero-order chi connectivity index (χ0) is 21.3. The standard InChI is InChI=1S/C21H19FN6O2/c1-3-27-20(30)14-8-4-6-10-17(14)24-21(27)26-25-19(29)15-12-23-28(13(15)2)18-11-7-5-9-16(18)22/h4-12H,3H2,1-2H3,(H,24,26)(H,25,29). The predicted octanol–water partition coefficient (Wildman–Crippen LogP) is 2.81. The Balaban J connectivity index is 1.61. The molecule has 2 aromatic heterocycles. The van der Waals surface area contributed by atoms with Gasteiger partial charge in [-0.1, -0.05) is 24.3 Å². The molecule has 0 spiro atoms. The van der Waals surface area contributed by atoms with Gasteiger partial charge in [0.1, 0.15) is 11.5 Å². The van der Waals surface area contributed by atoms with Crippen LogP contribution < -0.4 is 16.4 Å². The van der Waals surface area contributed by atoms with E-state index in [1.807, 2.05) is 6.92 Å². The lowest BCUT2D eigenvalue weighted by atomic mass is 10.2. The fourth-order valence-corrected chi connectivity index (χ4v) is 3.24. The molecular formula is C21H19FN6O2. The van der Waals surface area contributed by atoms with E-state index >= 15 is 0 Å². The van der Waals surface area contributed by atoms with Crippen molar-refractivity contribution in [1.29, 1.82) is 0 Å². The molecule has 0 saturated heterocycles. The first kappa shape index (κ1) is 19.3. The zero-order valence-electron chi connectivity index (χ0n) is 16.4. The first-order chi connectivity index (χ1) is 14.5. The molecule has 4 rings (SSSR count). The molecule has 2 heterocycles. The second-order valence-corrected chi connectivity index (χ2v) is 6.59. The third-order valence-electron chi connectivity index (χ3n) is 4.80. The summed E-state index contributed by atoms with van der Waals surface area (Å²) in [5.74, 6) is -0.713. The maximum absolute atomic E-state index is 14.1. The fraction of sp³-hybridized carbons (Fsp3) is 0.143. The number of amides is 1. The van der Waals surface area contributed by atoms with Crippen molar-refractivity contribution in [2.45, 2.75) is 20.4 Å². The molecular weight excluding hydrogens is 387 g/mol. The van der Waals surface area contributed by atoms with Gasteiger partial charge in [-0.15, -0.1) is 0 Å². The van der Waals surface area contributed by atoms with Crippen molar-refractivity contribution in [2.24, 2.45) is 0 Å². The molecule has 2 N–H and O–H groups in total. The number of nitrogens with one attached hydrogen (secondary N) is 2. The zero-order valence-corrected chi connectivity index (χ0v) is 16.4. The second-order valence-electron chi connectivity index (χ2n) is 6.59. The van der Waals surface area contributed by atoms with Crippen molar-refractivity contribution in [3.63, 3.8) is 0 Å². The number of rotatable bonds is 5. The van der Waals surface area contributed by atoms with Crippen molar-refractivity contribution in [3.8, 4) is 5.69 Å². The summed E-state index contributed by atoms with van der Waals surface area (Å²) in [5, 5.41) is 4.63. The lowest BCUT2D eigenvalue weighted by Gasteiger charge is -2.14. The Morgan fingerprint density at radius 3 is 2.63 bits per heavy atom. The van der Waals surface area contributed by atoms with Gasteiger partial charge in [0.25, 0.3) is 11.5 Å². The van der Waals surface area contributed by atoms with Gasteiger partial charge in [-0.2, -0.15) is 5.10 Å². The van der Waals surface area contributed by atoms with Crippen LogP contribution in [-0.4, -0.2) is 25.2 Å². The number of hydrogen-bond donors (Lipinski definition) is 2. The Bertz CT molecular complexity index is 1310. The predicted molar refractivity (Wildman–Crippen MR) is 111 cm³/mol. The Labute approximate surface area is 171 Å². The van der Waals surface area contributed by atoms with Gasteiger partial charge < -0.3 is 0 Å². The van der Waals surface area contributed by atoms with Crippen LogP contribution in [0.5, 0.6) is 0 Å². The van der Waals surface area contributed by atoms with Crippen molar-refractivity contribution < 1.29 is 9.18 Å². The molecule has 0 atom stereocenters. The molecule has 30 heavy (non-hydrogen) atoms. The summed E-state index contributed by atoms with van der Waals surface area (Å²) in [4.78, 5) is 29.8. The van der Waals surface area contributed by atoms with Crippen LogP contribution in [-0.2, 0) is 6.54 Å². The smallest absolute Gasteiger partial charge is 0.273 e. The number of anilines is 1. The SMILES string of the molecule is CCn1c(NNC(=O)c2cnn(-c3ccccc3F)c2C)nc2ccccc2c1=O. The van der Waals surface area contributed by atoms with E-state index in [0.717, 1.165) is 0 Å². The highest BCUT2D eigenvalue weighted by Crippen LogP contribution is 2.17. The van der Waals surface area contributed by atoms with E-state index in [1.54, 1.807) is 49.4 Å². The molecule has 1 amide bonds. The number of para-hydroxylation sites is 2. The van der Waals surface area contributed by atoms with E-state index in [2.05, 4.69) is 20.9 Å². The quantitative estimate of drug-likeness (QED) is 0.497. The maximum Gasteiger partial charge on any atom is 0.273 e. The van der Waals surface area contributed by atoms with Crippen molar-refractivity contribution in [1.82, 2.24) is 24.8 Å². The average molecular weight is 406 g/mol. The largest absolute Gasteiger partial charge is 0.277 e. The fourth-order valence-electron chi connectivity index (χ4n) is 3.24. The van der Waals surface area contributed by atoms with Crippen LogP contribution in [0.2, 0.25) is 0 Å². The third-order valence-corrected chi connectivity index (χ3v) is 4.80. The number of hydrazine groups is 1. The van der Waals surface area contributed by atoms with Gasteiger partial charge >= 0.3 is 0 Å². The Morgan fingerprint density at radius 1 is 1.13 bits per heavy atom. The minimum atomic E-state index is -0.486. The summed E-state index contributed by atoms with van der Waals surface area (Å²) in [6.45, 7) is 3.86. The summed E-state index contributed by atoms with van der Waals surface area (Å²) in [7, 11) is 0. The molecule has 8 nitrogen and oxygen atoms in total. The average Bonchev–Trinajstić information content (AvgIpc) is 3.13. The van der Waals surface area contributed by atoms with Crippen LogP contribution in [0.15, 0.2) is 59.5 Å². The van der Waals surface area contributed by atoms with Crippen LogP contribution in [0.25, 0.3) is 16.6 Å². The molecule has 0 saturated carbocycles. The van der Waals surface area contributed by atoms with E-state index in [0.29, 0.717) is 23.1 Å². The van der Waals surface area contributed by atoms with Crippen LogP contribution >= 0.6 is 0 Å². The number of carbonyl (C=O) groups is 1. The van der Waals surface area contributed by atoms with E-state index in [4.69, 9.17) is 0 Å². The monoisotopic (exact) mass is 406 g/mol. The normalized spacial score (nSPS) is 10.9. The number of carbonyl (C=O) groups excluding carboxylic acids is 1. The molecule has 0 bridgehead atoms. The van der Waals surface area contributed by atoms with Crippen molar-refractivity contribution in [3.05, 3.63) is 82.2 Å². The molecule has 2 aromatic carbocycles. The number of nitrogens with zero attached hydrogens (tertiary/aromatic N) is 4. The van der Waals surface area contributed by atoms with Gasteiger partial charge in [0.15, 0.2) is 0 Å². The molecule has 0 unspecified atom stereocenters. The van der Waals surface area contributed by atoms with E-state index in [1.165, 1.54) is 21.5 Å². The van der Waals surface area contributed by atoms with Crippen LogP contribution in [0.3, 0.4) is 0 Å². The highest BCUT2D eigenvalue weighted by atomic mass is 19.1. The highest BCUT2D eigenvalue weighted by Gasteiger charge is 2.17. The van der Waals surface area contributed by atoms with E-state index in [-0.39, 0.29) is 22.8 Å². The lowest BCUT2D eigenvalue weighted by molar-refractivity contribution is 0.0961. The second kappa shape index (κ2) is 7.78. The van der Waals surface area contributed by atoms with Gasteiger partial charge in [-0.3, -0.25) is 25.0 Å².